The van der Waals surface area contributed by atoms with Crippen LogP contribution < -0.4 is 0 Å². The van der Waals surface area contributed by atoms with Gasteiger partial charge in [-0.1, -0.05) is 59.8 Å². The van der Waals surface area contributed by atoms with Crippen molar-refractivity contribution in [1.82, 2.24) is 0 Å². The smallest absolute Gasteiger partial charge is 0.247 e. The van der Waals surface area contributed by atoms with Crippen LogP contribution in [0.15, 0.2) is 76.5 Å². The number of nitrogens with zero attached hydrogens (tertiary/aromatic N) is 1. The molecule has 0 amide bonds. The molecule has 0 aromatic heterocycles. The predicted octanol–water partition coefficient (Wildman–Crippen LogP) is 4.26. The van der Waals surface area contributed by atoms with Crippen LogP contribution in [-0.2, 0) is 14.3 Å². The van der Waals surface area contributed by atoms with E-state index in [9.17, 15) is 13.7 Å². The zero-order valence-corrected chi connectivity index (χ0v) is 15.0. The van der Waals surface area contributed by atoms with Crippen molar-refractivity contribution in [3.63, 3.8) is 0 Å². The van der Waals surface area contributed by atoms with Crippen molar-refractivity contribution in [3.8, 4) is 6.07 Å². The van der Waals surface area contributed by atoms with Gasteiger partial charge in [0.05, 0.1) is 10.5 Å². The molecule has 1 unspecified atom stereocenters. The summed E-state index contributed by atoms with van der Waals surface area (Å²) in [5.41, 5.74) is 1.58. The van der Waals surface area contributed by atoms with Gasteiger partial charge in [-0.3, -0.25) is 0 Å². The van der Waals surface area contributed by atoms with Gasteiger partial charge in [0.25, 0.3) is 10.1 Å². The van der Waals surface area contributed by atoms with Gasteiger partial charge in [0.15, 0.2) is 0 Å². The number of aryl methyl sites for hydroxylation is 1. The Kier molecular flexibility index (Phi) is 5.09. The lowest BCUT2D eigenvalue weighted by Crippen LogP contribution is -2.12. The second-order valence-electron chi connectivity index (χ2n) is 5.43. The van der Waals surface area contributed by atoms with Gasteiger partial charge in [0, 0.05) is 4.91 Å². The number of thioether (sulfide) groups is 1. The highest BCUT2D eigenvalue weighted by Crippen LogP contribution is 2.38. The number of hydrogen-bond donors (Lipinski definition) is 0. The van der Waals surface area contributed by atoms with Crippen molar-refractivity contribution in [2.75, 3.05) is 0 Å². The van der Waals surface area contributed by atoms with Gasteiger partial charge in [-0.2, -0.15) is 13.7 Å². The van der Waals surface area contributed by atoms with E-state index in [1.54, 1.807) is 24.3 Å². The van der Waals surface area contributed by atoms with Gasteiger partial charge in [-0.05, 0) is 36.8 Å². The summed E-state index contributed by atoms with van der Waals surface area (Å²) in [4.78, 5) is 0.811. The van der Waals surface area contributed by atoms with E-state index in [2.05, 4.69) is 6.07 Å². The van der Waals surface area contributed by atoms with Crippen molar-refractivity contribution in [2.45, 2.75) is 17.3 Å². The lowest BCUT2D eigenvalue weighted by atomic mass is 10.1. The number of allylic oxidation sites excluding steroid dienone is 2. The maximum atomic E-state index is 12.4. The normalized spacial score (nSPS) is 18.8. The van der Waals surface area contributed by atoms with Gasteiger partial charge in [-0.25, -0.2) is 4.18 Å². The molecule has 0 spiro atoms. The number of rotatable bonds is 4. The Hall–Kier alpha value is -2.33. The van der Waals surface area contributed by atoms with Crippen molar-refractivity contribution < 1.29 is 12.6 Å². The third-order valence-electron chi connectivity index (χ3n) is 3.60. The third kappa shape index (κ3) is 4.02. The number of hydrogen-bond acceptors (Lipinski definition) is 5. The summed E-state index contributed by atoms with van der Waals surface area (Å²) in [5, 5.41) is 9.45. The highest BCUT2D eigenvalue weighted by Gasteiger charge is 2.25. The summed E-state index contributed by atoms with van der Waals surface area (Å²) in [7, 11) is -3.86. The molecule has 126 valence electrons. The molecule has 1 aliphatic heterocycles. The van der Waals surface area contributed by atoms with Gasteiger partial charge >= 0.3 is 0 Å². The predicted molar refractivity (Wildman–Crippen MR) is 98.9 cm³/mol. The highest BCUT2D eigenvalue weighted by molar-refractivity contribution is 8.04. The Morgan fingerprint density at radius 1 is 1.12 bits per heavy atom. The zero-order valence-electron chi connectivity index (χ0n) is 13.4. The molecule has 1 heterocycles. The van der Waals surface area contributed by atoms with Crippen molar-refractivity contribution in [1.29, 1.82) is 5.26 Å². The fourth-order valence-corrected chi connectivity index (χ4v) is 4.52. The summed E-state index contributed by atoms with van der Waals surface area (Å²) in [5.74, 6) is 0. The summed E-state index contributed by atoms with van der Waals surface area (Å²) in [6, 6.07) is 18.0. The molecule has 2 aromatic rings. The summed E-state index contributed by atoms with van der Waals surface area (Å²) >= 11 is 1.21. The van der Waals surface area contributed by atoms with Crippen LogP contribution in [0.1, 0.15) is 11.1 Å². The largest absolute Gasteiger partial charge is 0.298 e. The van der Waals surface area contributed by atoms with Crippen LogP contribution in [0.5, 0.6) is 0 Å². The first kappa shape index (κ1) is 17.5. The Bertz CT molecular complexity index is 970. The van der Waals surface area contributed by atoms with Crippen LogP contribution in [0.3, 0.4) is 0 Å². The van der Waals surface area contributed by atoms with E-state index in [0.29, 0.717) is 10.5 Å². The zero-order chi connectivity index (χ0) is 17.9. The molecule has 0 fully saturated rings. The van der Waals surface area contributed by atoms with E-state index < -0.39 is 15.6 Å². The van der Waals surface area contributed by atoms with Gasteiger partial charge in [0.1, 0.15) is 11.5 Å². The Balaban J connectivity index is 1.80. The van der Waals surface area contributed by atoms with Crippen molar-refractivity contribution in [2.24, 2.45) is 0 Å². The monoisotopic (exact) mass is 369 g/mol. The molecule has 0 aliphatic carbocycles. The van der Waals surface area contributed by atoms with Gasteiger partial charge in [-0.15, -0.1) is 0 Å². The maximum Gasteiger partial charge on any atom is 0.298 e. The fraction of sp³-hybridized carbons (Fsp3) is 0.105. The topological polar surface area (TPSA) is 67.2 Å². The first-order chi connectivity index (χ1) is 12.0. The fourth-order valence-electron chi connectivity index (χ4n) is 2.32. The molecule has 0 radical (unpaired) electrons. The first-order valence-corrected chi connectivity index (χ1v) is 9.83. The Morgan fingerprint density at radius 2 is 1.80 bits per heavy atom. The van der Waals surface area contributed by atoms with Crippen LogP contribution in [0.4, 0.5) is 0 Å². The maximum absolute atomic E-state index is 12.4. The molecule has 0 saturated carbocycles. The lowest BCUT2D eigenvalue weighted by Gasteiger charge is -2.11. The quantitative estimate of drug-likeness (QED) is 0.595. The minimum atomic E-state index is -3.86. The van der Waals surface area contributed by atoms with Crippen LogP contribution in [0, 0.1) is 18.3 Å². The second kappa shape index (κ2) is 7.28. The summed E-state index contributed by atoms with van der Waals surface area (Å²) in [6.07, 6.45) is 3.37. The molecular formula is C19H15NO3S2. The van der Waals surface area contributed by atoms with E-state index in [4.69, 9.17) is 4.18 Å². The van der Waals surface area contributed by atoms with Gasteiger partial charge in [0.2, 0.25) is 0 Å². The minimum Gasteiger partial charge on any atom is -0.247 e. The molecule has 25 heavy (non-hydrogen) atoms. The standard InChI is InChI=1S/C19H15NO3S2/c1-14-7-9-16(10-8-14)25(21,22)23-19-12-11-18(24-19)17(13-20)15-5-3-2-4-6-15/h2-12,19H,1H3. The number of nitriles is 1. The molecule has 0 bridgehead atoms. The minimum absolute atomic E-state index is 0.119. The van der Waals surface area contributed by atoms with Crippen LogP contribution in [0.25, 0.3) is 5.57 Å². The van der Waals surface area contributed by atoms with E-state index in [0.717, 1.165) is 11.1 Å². The van der Waals surface area contributed by atoms with Crippen molar-refractivity contribution >= 4 is 27.5 Å². The second-order valence-corrected chi connectivity index (χ2v) is 8.14. The first-order valence-electron chi connectivity index (χ1n) is 7.54. The molecule has 3 rings (SSSR count). The lowest BCUT2D eigenvalue weighted by molar-refractivity contribution is 0.333. The Morgan fingerprint density at radius 3 is 2.44 bits per heavy atom. The molecule has 4 nitrogen and oxygen atoms in total. The molecule has 6 heteroatoms. The molecule has 2 aromatic carbocycles. The average molecular weight is 369 g/mol. The van der Waals surface area contributed by atoms with Gasteiger partial charge < -0.3 is 0 Å². The van der Waals surface area contributed by atoms with Crippen LogP contribution in [-0.4, -0.2) is 13.9 Å². The van der Waals surface area contributed by atoms with E-state index in [1.807, 2.05) is 37.3 Å². The van der Waals surface area contributed by atoms with Crippen LogP contribution in [0.2, 0.25) is 0 Å². The molecule has 1 aliphatic rings. The molecule has 0 N–H and O–H groups in total. The molecule has 0 saturated heterocycles. The summed E-state index contributed by atoms with van der Waals surface area (Å²) < 4.78 is 30.0. The highest BCUT2D eigenvalue weighted by atomic mass is 32.2. The number of benzene rings is 2. The molecular weight excluding hydrogens is 354 g/mol. The van der Waals surface area contributed by atoms with E-state index in [-0.39, 0.29) is 4.90 Å². The van der Waals surface area contributed by atoms with Crippen molar-refractivity contribution in [3.05, 3.63) is 82.8 Å². The average Bonchev–Trinajstić information content (AvgIpc) is 3.04. The van der Waals surface area contributed by atoms with E-state index in [1.165, 1.54) is 23.9 Å². The molecule has 1 atom stereocenters. The van der Waals surface area contributed by atoms with E-state index >= 15 is 0 Å². The van der Waals surface area contributed by atoms with Crippen LogP contribution >= 0.6 is 11.8 Å². The third-order valence-corrected chi connectivity index (χ3v) is 6.11. The Labute approximate surface area is 151 Å². The SMILES string of the molecule is Cc1ccc(S(=O)(=O)OC2C=CC(=C(C#N)c3ccccc3)S2)cc1. The summed E-state index contributed by atoms with van der Waals surface area (Å²) in [6.45, 7) is 1.89.